The van der Waals surface area contributed by atoms with Crippen LogP contribution < -0.4 is 0 Å². The molecule has 25 heavy (non-hydrogen) atoms. The Balaban J connectivity index is 1.59. The molecule has 7 heteroatoms. The normalized spacial score (nSPS) is 11.4. The van der Waals surface area contributed by atoms with Crippen molar-refractivity contribution in [2.75, 3.05) is 0 Å². The van der Waals surface area contributed by atoms with Crippen LogP contribution in [0.1, 0.15) is 5.69 Å². The smallest absolute Gasteiger partial charge is 0.153 e. The second-order valence-corrected chi connectivity index (χ2v) is 5.72. The van der Waals surface area contributed by atoms with E-state index in [0.717, 1.165) is 33.6 Å². The van der Waals surface area contributed by atoms with Crippen LogP contribution in [0.2, 0.25) is 0 Å². The predicted octanol–water partition coefficient (Wildman–Crippen LogP) is 2.58. The maximum absolute atomic E-state index is 4.75. The summed E-state index contributed by atoms with van der Waals surface area (Å²) in [7, 11) is 0. The zero-order valence-electron chi connectivity index (χ0n) is 13.2. The first-order chi connectivity index (χ1) is 12.4. The maximum atomic E-state index is 4.75. The number of fused-ring (bicyclic) bond motifs is 2. The van der Waals surface area contributed by atoms with Crippen LogP contribution in [0.15, 0.2) is 67.1 Å². The Bertz CT molecular complexity index is 1170. The molecule has 1 aromatic carbocycles. The van der Waals surface area contributed by atoms with Gasteiger partial charge in [0.1, 0.15) is 5.52 Å². The van der Waals surface area contributed by atoms with E-state index in [1.165, 1.54) is 0 Å². The van der Waals surface area contributed by atoms with Crippen LogP contribution in [0, 0.1) is 0 Å². The molecule has 0 unspecified atom stereocenters. The lowest BCUT2D eigenvalue weighted by Crippen LogP contribution is -2.06. The van der Waals surface area contributed by atoms with Crippen molar-refractivity contribution in [3.8, 4) is 11.3 Å². The highest BCUT2D eigenvalue weighted by Gasteiger charge is 2.10. The molecule has 0 aliphatic rings. The summed E-state index contributed by atoms with van der Waals surface area (Å²) in [5.41, 5.74) is 5.43. The van der Waals surface area contributed by atoms with Crippen molar-refractivity contribution in [3.05, 3.63) is 72.8 Å². The van der Waals surface area contributed by atoms with Crippen LogP contribution >= 0.6 is 0 Å². The van der Waals surface area contributed by atoms with Gasteiger partial charge in [0.05, 0.1) is 35.8 Å². The average molecular weight is 327 g/mol. The summed E-state index contributed by atoms with van der Waals surface area (Å²) in [6.45, 7) is 0.535. The Morgan fingerprint density at radius 2 is 1.84 bits per heavy atom. The summed E-state index contributed by atoms with van der Waals surface area (Å²) in [5.74, 6) is 0. The van der Waals surface area contributed by atoms with Crippen LogP contribution in [0.5, 0.6) is 0 Å². The quantitative estimate of drug-likeness (QED) is 0.509. The van der Waals surface area contributed by atoms with E-state index in [-0.39, 0.29) is 0 Å². The van der Waals surface area contributed by atoms with E-state index in [2.05, 4.69) is 20.3 Å². The number of pyridine rings is 1. The Morgan fingerprint density at radius 3 is 2.76 bits per heavy atom. The molecule has 5 rings (SSSR count). The van der Waals surface area contributed by atoms with Crippen molar-refractivity contribution in [3.63, 3.8) is 0 Å². The van der Waals surface area contributed by atoms with E-state index in [4.69, 9.17) is 5.10 Å². The molecule has 0 fully saturated rings. The summed E-state index contributed by atoms with van der Waals surface area (Å²) in [5, 5.41) is 13.1. The highest BCUT2D eigenvalue weighted by molar-refractivity contribution is 5.72. The first kappa shape index (κ1) is 13.8. The fraction of sp³-hybridized carbons (Fsp3) is 0.0556. The molecule has 4 heterocycles. The molecule has 0 bridgehead atoms. The molecule has 120 valence electrons. The second kappa shape index (κ2) is 5.48. The van der Waals surface area contributed by atoms with Crippen LogP contribution in [-0.4, -0.2) is 34.6 Å². The average Bonchev–Trinajstić information content (AvgIpc) is 3.27. The molecule has 0 radical (unpaired) electrons. The van der Waals surface area contributed by atoms with Gasteiger partial charge < -0.3 is 0 Å². The zero-order valence-corrected chi connectivity index (χ0v) is 13.2. The molecular formula is C18H13N7. The highest BCUT2D eigenvalue weighted by Crippen LogP contribution is 2.18. The molecule has 7 nitrogen and oxygen atoms in total. The Hall–Kier alpha value is -3.61. The Kier molecular flexibility index (Phi) is 3.03. The molecule has 0 N–H and O–H groups in total. The van der Waals surface area contributed by atoms with Crippen LogP contribution in [0.4, 0.5) is 0 Å². The predicted molar refractivity (Wildman–Crippen MR) is 92.8 cm³/mol. The van der Waals surface area contributed by atoms with Gasteiger partial charge in [-0.15, -0.1) is 5.10 Å². The summed E-state index contributed by atoms with van der Waals surface area (Å²) < 4.78 is 3.69. The molecule has 4 aromatic heterocycles. The number of hydrogen-bond acceptors (Lipinski definition) is 5. The number of benzene rings is 1. The van der Waals surface area contributed by atoms with E-state index in [9.17, 15) is 0 Å². The molecule has 0 atom stereocenters. The first-order valence-corrected chi connectivity index (χ1v) is 7.91. The minimum absolute atomic E-state index is 0.535. The molecule has 5 aromatic rings. The number of hydrogen-bond donors (Lipinski definition) is 0. The third-order valence-corrected chi connectivity index (χ3v) is 4.13. The second-order valence-electron chi connectivity index (χ2n) is 5.72. The molecule has 0 spiro atoms. The lowest BCUT2D eigenvalue weighted by molar-refractivity contribution is 0.644. The van der Waals surface area contributed by atoms with Crippen LogP contribution in [0.25, 0.3) is 27.9 Å². The molecule has 0 saturated heterocycles. The van der Waals surface area contributed by atoms with Gasteiger partial charge in [0.15, 0.2) is 5.65 Å². The van der Waals surface area contributed by atoms with Crippen molar-refractivity contribution >= 4 is 16.7 Å². The maximum Gasteiger partial charge on any atom is 0.153 e. The molecule has 0 saturated carbocycles. The zero-order chi connectivity index (χ0) is 16.6. The van der Waals surface area contributed by atoms with Gasteiger partial charge in [-0.25, -0.2) is 14.2 Å². The van der Waals surface area contributed by atoms with E-state index in [1.54, 1.807) is 12.4 Å². The standard InChI is InChI=1S/C18H13N7/c1-2-4-13(5-3-1)15-6-7-18-20-10-14(25(18)22-15)12-24-17-8-9-19-11-16(17)21-23-24/h1-11H,12H2. The third-order valence-electron chi connectivity index (χ3n) is 4.13. The van der Waals surface area contributed by atoms with Gasteiger partial charge in [0, 0.05) is 11.8 Å². The van der Waals surface area contributed by atoms with Gasteiger partial charge in [-0.1, -0.05) is 35.5 Å². The largest absolute Gasteiger partial charge is 0.262 e. The van der Waals surface area contributed by atoms with Crippen LogP contribution in [-0.2, 0) is 6.54 Å². The van der Waals surface area contributed by atoms with Gasteiger partial charge in [-0.3, -0.25) is 4.98 Å². The summed E-state index contributed by atoms with van der Waals surface area (Å²) in [6, 6.07) is 16.0. The summed E-state index contributed by atoms with van der Waals surface area (Å²) >= 11 is 0. The van der Waals surface area contributed by atoms with Crippen molar-refractivity contribution in [2.45, 2.75) is 6.54 Å². The molecule has 0 amide bonds. The fourth-order valence-electron chi connectivity index (χ4n) is 2.89. The van der Waals surface area contributed by atoms with Crippen molar-refractivity contribution in [1.82, 2.24) is 34.6 Å². The first-order valence-electron chi connectivity index (χ1n) is 7.91. The van der Waals surface area contributed by atoms with Crippen molar-refractivity contribution in [1.29, 1.82) is 0 Å². The lowest BCUT2D eigenvalue weighted by atomic mass is 10.1. The van der Waals surface area contributed by atoms with E-state index >= 15 is 0 Å². The number of imidazole rings is 1. The summed E-state index contributed by atoms with van der Waals surface area (Å²) in [4.78, 5) is 8.51. The van der Waals surface area contributed by atoms with Crippen LogP contribution in [0.3, 0.4) is 0 Å². The van der Waals surface area contributed by atoms with E-state index < -0.39 is 0 Å². The van der Waals surface area contributed by atoms with Gasteiger partial charge in [0.2, 0.25) is 0 Å². The molecule has 0 aliphatic carbocycles. The van der Waals surface area contributed by atoms with Gasteiger partial charge in [-0.05, 0) is 18.2 Å². The number of nitrogens with zero attached hydrogens (tertiary/aromatic N) is 7. The third kappa shape index (κ3) is 2.33. The molecule has 0 aliphatic heterocycles. The minimum Gasteiger partial charge on any atom is -0.262 e. The Labute approximate surface area is 142 Å². The topological polar surface area (TPSA) is 73.8 Å². The van der Waals surface area contributed by atoms with Gasteiger partial charge in [-0.2, -0.15) is 5.10 Å². The van der Waals surface area contributed by atoms with Crippen molar-refractivity contribution < 1.29 is 0 Å². The monoisotopic (exact) mass is 327 g/mol. The molecular weight excluding hydrogens is 314 g/mol. The van der Waals surface area contributed by atoms with Gasteiger partial charge >= 0.3 is 0 Å². The number of aromatic nitrogens is 7. The lowest BCUT2D eigenvalue weighted by Gasteiger charge is -2.05. The number of rotatable bonds is 3. The van der Waals surface area contributed by atoms with Gasteiger partial charge in [0.25, 0.3) is 0 Å². The highest BCUT2D eigenvalue weighted by atomic mass is 15.4. The van der Waals surface area contributed by atoms with E-state index in [1.807, 2.05) is 63.9 Å². The minimum atomic E-state index is 0.535. The van der Waals surface area contributed by atoms with Crippen molar-refractivity contribution in [2.24, 2.45) is 0 Å². The fourth-order valence-corrected chi connectivity index (χ4v) is 2.89. The Morgan fingerprint density at radius 1 is 0.920 bits per heavy atom. The van der Waals surface area contributed by atoms with E-state index in [0.29, 0.717) is 6.54 Å². The SMILES string of the molecule is c1ccc(-c2ccc3ncc(Cn4nnc5cnccc54)n3n2)cc1. The summed E-state index contributed by atoms with van der Waals surface area (Å²) in [6.07, 6.45) is 5.27.